The minimum Gasteiger partial charge on any atom is -0.493 e. The van der Waals surface area contributed by atoms with Gasteiger partial charge in [-0.1, -0.05) is 36.4 Å². The number of ether oxygens (including phenoxy) is 3. The quantitative estimate of drug-likeness (QED) is 0.424. The molecule has 0 saturated carbocycles. The Labute approximate surface area is 183 Å². The number of benzene rings is 3. The van der Waals surface area contributed by atoms with Gasteiger partial charge in [-0.15, -0.1) is 0 Å². The van der Waals surface area contributed by atoms with Gasteiger partial charge in [-0.05, 0) is 35.9 Å². The first-order valence-corrected chi connectivity index (χ1v) is 9.75. The van der Waals surface area contributed by atoms with Crippen LogP contribution < -0.4 is 19.8 Å². The smallest absolute Gasteiger partial charge is 0.349 e. The summed E-state index contributed by atoms with van der Waals surface area (Å²) in [5.41, 5.74) is 1.23. The van der Waals surface area contributed by atoms with E-state index in [1.165, 1.54) is 20.3 Å². The first-order chi connectivity index (χ1) is 15.5. The predicted molar refractivity (Wildman–Crippen MR) is 118 cm³/mol. The van der Waals surface area contributed by atoms with Gasteiger partial charge < -0.3 is 23.7 Å². The SMILES string of the molecule is COc1ccc(-c2cc3ccc(OC(C(=O)O)c4ccccc4)cc3oc2=O)cc1OC. The van der Waals surface area contributed by atoms with Gasteiger partial charge in [-0.2, -0.15) is 0 Å². The molecule has 4 rings (SSSR count). The lowest BCUT2D eigenvalue weighted by molar-refractivity contribution is -0.145. The molecule has 0 amide bonds. The van der Waals surface area contributed by atoms with Crippen molar-refractivity contribution in [3.8, 4) is 28.4 Å². The van der Waals surface area contributed by atoms with Crippen LogP contribution in [0.4, 0.5) is 0 Å². The van der Waals surface area contributed by atoms with Crippen LogP contribution in [-0.2, 0) is 4.79 Å². The van der Waals surface area contributed by atoms with Gasteiger partial charge in [0.05, 0.1) is 19.8 Å². The number of carbonyl (C=O) groups is 1. The Hall–Kier alpha value is -4.26. The average Bonchev–Trinajstić information content (AvgIpc) is 2.81. The Kier molecular flexibility index (Phi) is 5.81. The molecule has 32 heavy (non-hydrogen) atoms. The predicted octanol–water partition coefficient (Wildman–Crippen LogP) is 4.68. The van der Waals surface area contributed by atoms with Crippen molar-refractivity contribution in [1.29, 1.82) is 0 Å². The zero-order valence-electron chi connectivity index (χ0n) is 17.4. The van der Waals surface area contributed by atoms with Crippen molar-refractivity contribution >= 4 is 16.9 Å². The van der Waals surface area contributed by atoms with Gasteiger partial charge in [0.15, 0.2) is 11.5 Å². The zero-order valence-corrected chi connectivity index (χ0v) is 17.4. The van der Waals surface area contributed by atoms with E-state index in [1.54, 1.807) is 66.7 Å². The number of hydrogen-bond donors (Lipinski definition) is 1. The highest BCUT2D eigenvalue weighted by molar-refractivity contribution is 5.83. The first-order valence-electron chi connectivity index (χ1n) is 9.75. The van der Waals surface area contributed by atoms with E-state index in [-0.39, 0.29) is 11.3 Å². The third kappa shape index (κ3) is 4.13. The van der Waals surface area contributed by atoms with E-state index in [1.807, 2.05) is 0 Å². The first kappa shape index (κ1) is 21.0. The summed E-state index contributed by atoms with van der Waals surface area (Å²) in [6, 6.07) is 20.3. The van der Waals surface area contributed by atoms with Crippen LogP contribution in [0.2, 0.25) is 0 Å². The fourth-order valence-electron chi connectivity index (χ4n) is 3.39. The summed E-state index contributed by atoms with van der Waals surface area (Å²) in [4.78, 5) is 24.4. The number of methoxy groups -OCH3 is 2. The number of hydrogen-bond acceptors (Lipinski definition) is 6. The van der Waals surface area contributed by atoms with E-state index >= 15 is 0 Å². The summed E-state index contributed by atoms with van der Waals surface area (Å²) >= 11 is 0. The molecule has 0 aliphatic carbocycles. The summed E-state index contributed by atoms with van der Waals surface area (Å²) in [7, 11) is 3.06. The molecule has 0 aliphatic rings. The van der Waals surface area contributed by atoms with Crippen molar-refractivity contribution in [3.63, 3.8) is 0 Å². The van der Waals surface area contributed by atoms with Crippen LogP contribution in [0, 0.1) is 0 Å². The molecule has 0 saturated heterocycles. The maximum absolute atomic E-state index is 12.7. The average molecular weight is 432 g/mol. The summed E-state index contributed by atoms with van der Waals surface area (Å²) in [6.45, 7) is 0. The Bertz CT molecular complexity index is 1330. The van der Waals surface area contributed by atoms with Crippen molar-refractivity contribution in [3.05, 3.63) is 88.8 Å². The van der Waals surface area contributed by atoms with Gasteiger partial charge in [-0.25, -0.2) is 9.59 Å². The van der Waals surface area contributed by atoms with Crippen LogP contribution >= 0.6 is 0 Å². The maximum Gasteiger partial charge on any atom is 0.349 e. The van der Waals surface area contributed by atoms with E-state index < -0.39 is 17.7 Å². The van der Waals surface area contributed by atoms with E-state index in [4.69, 9.17) is 18.6 Å². The zero-order chi connectivity index (χ0) is 22.7. The van der Waals surface area contributed by atoms with Gasteiger partial charge in [0.25, 0.3) is 0 Å². The summed E-state index contributed by atoms with van der Waals surface area (Å²) in [5, 5.41) is 10.2. The summed E-state index contributed by atoms with van der Waals surface area (Å²) in [6.07, 6.45) is -1.19. The van der Waals surface area contributed by atoms with E-state index in [0.717, 1.165) is 0 Å². The lowest BCUT2D eigenvalue weighted by Crippen LogP contribution is -2.18. The van der Waals surface area contributed by atoms with E-state index in [9.17, 15) is 14.7 Å². The lowest BCUT2D eigenvalue weighted by Gasteiger charge is -2.15. The van der Waals surface area contributed by atoms with Crippen LogP contribution in [0.25, 0.3) is 22.1 Å². The Morgan fingerprint density at radius 2 is 1.66 bits per heavy atom. The number of aliphatic carboxylic acids is 1. The molecule has 4 aromatic rings. The second-order valence-electron chi connectivity index (χ2n) is 6.96. The Morgan fingerprint density at radius 1 is 0.906 bits per heavy atom. The molecule has 1 atom stereocenters. The molecule has 0 bridgehead atoms. The molecule has 1 heterocycles. The monoisotopic (exact) mass is 432 g/mol. The molecule has 0 spiro atoms. The van der Waals surface area contributed by atoms with Crippen LogP contribution in [0.5, 0.6) is 17.2 Å². The Balaban J connectivity index is 1.69. The second kappa shape index (κ2) is 8.85. The fourth-order valence-corrected chi connectivity index (χ4v) is 3.39. The van der Waals surface area contributed by atoms with E-state index in [2.05, 4.69) is 0 Å². The minimum absolute atomic E-state index is 0.274. The lowest BCUT2D eigenvalue weighted by atomic mass is 10.1. The van der Waals surface area contributed by atoms with Gasteiger partial charge in [-0.3, -0.25) is 0 Å². The summed E-state index contributed by atoms with van der Waals surface area (Å²) in [5.74, 6) is 0.195. The maximum atomic E-state index is 12.7. The molecule has 162 valence electrons. The van der Waals surface area contributed by atoms with Gasteiger partial charge in [0.2, 0.25) is 6.10 Å². The standard InChI is InChI=1S/C25H20O7/c1-29-20-11-9-16(13-22(20)30-2)19-12-17-8-10-18(14-21(17)32-25(19)28)31-23(24(26)27)15-6-4-3-5-7-15/h3-14,23H,1-2H3,(H,26,27). The third-order valence-electron chi connectivity index (χ3n) is 4.98. The molecule has 1 aromatic heterocycles. The number of rotatable bonds is 7. The van der Waals surface area contributed by atoms with Gasteiger partial charge >= 0.3 is 11.6 Å². The van der Waals surface area contributed by atoms with Crippen molar-refractivity contribution in [2.45, 2.75) is 6.10 Å². The normalized spacial score (nSPS) is 11.7. The highest BCUT2D eigenvalue weighted by Crippen LogP contribution is 2.33. The molecule has 7 nitrogen and oxygen atoms in total. The molecule has 1 N–H and O–H groups in total. The molecular formula is C25H20O7. The molecule has 1 unspecified atom stereocenters. The van der Waals surface area contributed by atoms with Gasteiger partial charge in [0, 0.05) is 17.0 Å². The van der Waals surface area contributed by atoms with E-state index in [0.29, 0.717) is 33.6 Å². The fraction of sp³-hybridized carbons (Fsp3) is 0.120. The number of carboxylic acid groups (broad SMARTS) is 1. The molecular weight excluding hydrogens is 412 g/mol. The highest BCUT2D eigenvalue weighted by atomic mass is 16.5. The number of fused-ring (bicyclic) bond motifs is 1. The van der Waals surface area contributed by atoms with Crippen molar-refractivity contribution in [1.82, 2.24) is 0 Å². The number of carboxylic acids is 1. The largest absolute Gasteiger partial charge is 0.493 e. The summed E-state index contributed by atoms with van der Waals surface area (Å²) < 4.78 is 21.8. The minimum atomic E-state index is -1.19. The highest BCUT2D eigenvalue weighted by Gasteiger charge is 2.22. The molecule has 0 fully saturated rings. The van der Waals surface area contributed by atoms with Crippen molar-refractivity contribution in [2.75, 3.05) is 14.2 Å². The van der Waals surface area contributed by atoms with Crippen LogP contribution in [-0.4, -0.2) is 25.3 Å². The third-order valence-corrected chi connectivity index (χ3v) is 4.98. The molecule has 3 aromatic carbocycles. The second-order valence-corrected chi connectivity index (χ2v) is 6.96. The topological polar surface area (TPSA) is 95.2 Å². The molecule has 0 aliphatic heterocycles. The molecule has 7 heteroatoms. The van der Waals surface area contributed by atoms with Gasteiger partial charge in [0.1, 0.15) is 11.3 Å². The van der Waals surface area contributed by atoms with Crippen LogP contribution in [0.1, 0.15) is 11.7 Å². The Morgan fingerprint density at radius 3 is 2.34 bits per heavy atom. The van der Waals surface area contributed by atoms with Crippen LogP contribution in [0.15, 0.2) is 82.0 Å². The van der Waals surface area contributed by atoms with Crippen LogP contribution in [0.3, 0.4) is 0 Å². The van der Waals surface area contributed by atoms with Crippen molar-refractivity contribution in [2.24, 2.45) is 0 Å². The van der Waals surface area contributed by atoms with Crippen molar-refractivity contribution < 1.29 is 28.5 Å². The molecule has 0 radical (unpaired) electrons.